The average Bonchev–Trinajstić information content (AvgIpc) is 2.69. The molecule has 1 heterocycles. The molecule has 0 spiro atoms. The maximum Gasteiger partial charge on any atom is 0.509 e. The lowest BCUT2D eigenvalue weighted by atomic mass is 9.80. The van der Waals surface area contributed by atoms with Gasteiger partial charge in [0.05, 0.1) is 0 Å². The zero-order valence-electron chi connectivity index (χ0n) is 7.53. The molecule has 0 amide bonds. The van der Waals surface area contributed by atoms with Crippen LogP contribution in [-0.4, -0.2) is 12.0 Å². The lowest BCUT2D eigenvalue weighted by molar-refractivity contribution is 0.501. The molecule has 0 N–H and O–H groups in total. The van der Waals surface area contributed by atoms with Crippen molar-refractivity contribution in [2.45, 2.75) is 0 Å². The largest absolute Gasteiger partial charge is 0.509 e. The molecule has 2 aromatic rings. The van der Waals surface area contributed by atoms with Crippen LogP contribution in [0.4, 0.5) is 12.9 Å². The highest BCUT2D eigenvalue weighted by Crippen LogP contribution is 2.21. The summed E-state index contributed by atoms with van der Waals surface area (Å²) in [6.07, 6.45) is 1.63. The molecular weight excluding hydrogens is 222 g/mol. The molecule has 2 rings (SSSR count). The van der Waals surface area contributed by atoms with Gasteiger partial charge in [-0.1, -0.05) is 24.3 Å². The fourth-order valence-electron chi connectivity index (χ4n) is 1.21. The normalized spacial score (nSPS) is 11.7. The van der Waals surface area contributed by atoms with E-state index in [4.69, 9.17) is 0 Å². The van der Waals surface area contributed by atoms with Crippen molar-refractivity contribution in [3.63, 3.8) is 0 Å². The summed E-state index contributed by atoms with van der Waals surface area (Å²) in [5, 5.41) is 2.52. The van der Waals surface area contributed by atoms with Crippen molar-refractivity contribution in [2.75, 3.05) is 0 Å². The minimum absolute atomic E-state index is 0.574. The van der Waals surface area contributed by atoms with Crippen molar-refractivity contribution in [1.29, 1.82) is 0 Å². The molecule has 1 aromatic carbocycles. The van der Waals surface area contributed by atoms with Crippen LogP contribution < -0.4 is 5.46 Å². The smallest absolute Gasteiger partial charge is 0.445 e. The first-order chi connectivity index (χ1) is 7.07. The third-order valence-electron chi connectivity index (χ3n) is 1.97. The van der Waals surface area contributed by atoms with Crippen LogP contribution in [-0.2, 0) is 0 Å². The predicted octanol–water partition coefficient (Wildman–Crippen LogP) is 2.86. The lowest BCUT2D eigenvalue weighted by Crippen LogP contribution is -2.33. The summed E-state index contributed by atoms with van der Waals surface area (Å²) in [5.41, 5.74) is 0.143. The Balaban J connectivity index is 2.33. The zero-order chi connectivity index (χ0) is 10.9. The van der Waals surface area contributed by atoms with Gasteiger partial charge in [-0.15, -0.1) is 16.8 Å². The first-order valence-electron chi connectivity index (χ1n) is 4.27. The van der Waals surface area contributed by atoms with Gasteiger partial charge in [0.15, 0.2) is 0 Å². The van der Waals surface area contributed by atoms with Crippen LogP contribution in [0.5, 0.6) is 0 Å². The third kappa shape index (κ3) is 2.20. The van der Waals surface area contributed by atoms with E-state index in [9.17, 15) is 12.9 Å². The highest BCUT2D eigenvalue weighted by molar-refractivity contribution is 7.13. The van der Waals surface area contributed by atoms with Gasteiger partial charge < -0.3 is 12.9 Å². The van der Waals surface area contributed by atoms with E-state index in [2.05, 4.69) is 4.98 Å². The second-order valence-electron chi connectivity index (χ2n) is 3.03. The van der Waals surface area contributed by atoms with Gasteiger partial charge in [0, 0.05) is 17.1 Å². The van der Waals surface area contributed by atoms with E-state index in [1.807, 2.05) is 0 Å². The molecule has 6 heteroatoms. The van der Waals surface area contributed by atoms with E-state index in [0.29, 0.717) is 5.56 Å². The number of hydrogen-bond donors (Lipinski definition) is 0. The van der Waals surface area contributed by atoms with Crippen LogP contribution in [0.15, 0.2) is 35.8 Å². The standard InChI is InChI=1S/C9H6BF3NS/c11-10(12,13)8-3-1-7(2-4-8)9-14-5-6-15-9/h1-6H/q-1. The maximum atomic E-state index is 12.3. The lowest BCUT2D eigenvalue weighted by Gasteiger charge is -2.14. The number of nitrogens with zero attached hydrogens (tertiary/aromatic N) is 1. The summed E-state index contributed by atoms with van der Waals surface area (Å²) in [6.45, 7) is -4.90. The summed E-state index contributed by atoms with van der Waals surface area (Å²) in [5.74, 6) is 0. The highest BCUT2D eigenvalue weighted by atomic mass is 32.1. The fourth-order valence-corrected chi connectivity index (χ4v) is 1.85. The van der Waals surface area contributed by atoms with E-state index in [1.165, 1.54) is 23.5 Å². The molecule has 0 atom stereocenters. The Morgan fingerprint density at radius 2 is 1.73 bits per heavy atom. The molecule has 0 saturated heterocycles. The van der Waals surface area contributed by atoms with Gasteiger partial charge >= 0.3 is 6.98 Å². The van der Waals surface area contributed by atoms with E-state index < -0.39 is 12.4 Å². The second kappa shape index (κ2) is 3.69. The Bertz CT molecular complexity index is 435. The van der Waals surface area contributed by atoms with Crippen LogP contribution in [0.2, 0.25) is 0 Å². The number of aromatic nitrogens is 1. The molecule has 0 aliphatic rings. The van der Waals surface area contributed by atoms with Crippen molar-refractivity contribution in [2.24, 2.45) is 0 Å². The molecule has 0 aliphatic carbocycles. The van der Waals surface area contributed by atoms with Crippen LogP contribution in [0.25, 0.3) is 10.6 Å². The number of rotatable bonds is 2. The molecule has 0 unspecified atom stereocenters. The number of benzene rings is 1. The molecule has 0 bridgehead atoms. The van der Waals surface area contributed by atoms with Gasteiger partial charge in [-0.25, -0.2) is 4.98 Å². The molecule has 15 heavy (non-hydrogen) atoms. The Morgan fingerprint density at radius 3 is 2.20 bits per heavy atom. The summed E-state index contributed by atoms with van der Waals surface area (Å²) in [6, 6.07) is 5.08. The molecular formula is C9H6BF3NS-. The molecule has 1 aromatic heterocycles. The Hall–Kier alpha value is -1.30. The van der Waals surface area contributed by atoms with Gasteiger partial charge in [0.2, 0.25) is 0 Å². The fraction of sp³-hybridized carbons (Fsp3) is 0. The molecule has 0 saturated carbocycles. The van der Waals surface area contributed by atoms with E-state index in [-0.39, 0.29) is 0 Å². The minimum atomic E-state index is -4.90. The molecule has 0 aliphatic heterocycles. The Morgan fingerprint density at radius 1 is 1.07 bits per heavy atom. The zero-order valence-corrected chi connectivity index (χ0v) is 8.35. The summed E-state index contributed by atoms with van der Waals surface area (Å²) in [4.78, 5) is 4.02. The van der Waals surface area contributed by atoms with Crippen LogP contribution in [0, 0.1) is 0 Å². The summed E-state index contributed by atoms with van der Waals surface area (Å²) in [7, 11) is 0. The topological polar surface area (TPSA) is 12.9 Å². The van der Waals surface area contributed by atoms with Gasteiger partial charge in [0.25, 0.3) is 0 Å². The van der Waals surface area contributed by atoms with E-state index in [0.717, 1.165) is 17.1 Å². The second-order valence-corrected chi connectivity index (χ2v) is 3.93. The third-order valence-corrected chi connectivity index (χ3v) is 2.79. The molecule has 0 fully saturated rings. The van der Waals surface area contributed by atoms with Crippen molar-refractivity contribution in [3.8, 4) is 10.6 Å². The van der Waals surface area contributed by atoms with E-state index >= 15 is 0 Å². The van der Waals surface area contributed by atoms with Gasteiger partial charge in [-0.05, 0) is 0 Å². The Labute approximate surface area is 88.7 Å². The maximum absolute atomic E-state index is 12.3. The van der Waals surface area contributed by atoms with Crippen LogP contribution >= 0.6 is 11.3 Å². The first-order valence-corrected chi connectivity index (χ1v) is 5.15. The van der Waals surface area contributed by atoms with Crippen molar-refractivity contribution < 1.29 is 12.9 Å². The van der Waals surface area contributed by atoms with E-state index in [1.54, 1.807) is 11.6 Å². The average molecular weight is 228 g/mol. The summed E-state index contributed by atoms with van der Waals surface area (Å²) >= 11 is 1.40. The highest BCUT2D eigenvalue weighted by Gasteiger charge is 2.24. The van der Waals surface area contributed by atoms with Crippen molar-refractivity contribution >= 4 is 23.8 Å². The van der Waals surface area contributed by atoms with Gasteiger partial charge in [-0.2, -0.15) is 0 Å². The van der Waals surface area contributed by atoms with Gasteiger partial charge in [0.1, 0.15) is 5.01 Å². The minimum Gasteiger partial charge on any atom is -0.445 e. The summed E-state index contributed by atoms with van der Waals surface area (Å²) < 4.78 is 36.9. The molecule has 1 nitrogen and oxygen atoms in total. The molecule has 78 valence electrons. The Kier molecular flexibility index (Phi) is 2.52. The SMILES string of the molecule is F[B-](F)(F)c1ccc(-c2nccs2)cc1. The quantitative estimate of drug-likeness (QED) is 0.720. The van der Waals surface area contributed by atoms with Gasteiger partial charge in [-0.3, -0.25) is 0 Å². The van der Waals surface area contributed by atoms with Crippen molar-refractivity contribution in [1.82, 2.24) is 4.98 Å². The van der Waals surface area contributed by atoms with Crippen LogP contribution in [0.3, 0.4) is 0 Å². The number of halogens is 3. The predicted molar refractivity (Wildman–Crippen MR) is 56.3 cm³/mol. The van der Waals surface area contributed by atoms with Crippen molar-refractivity contribution in [3.05, 3.63) is 35.8 Å². The number of thiazole rings is 1. The first kappa shape index (κ1) is 10.2. The number of hydrogen-bond acceptors (Lipinski definition) is 2. The van der Waals surface area contributed by atoms with Crippen LogP contribution in [0.1, 0.15) is 0 Å². The monoisotopic (exact) mass is 228 g/mol. The molecule has 0 radical (unpaired) electrons.